The Morgan fingerprint density at radius 3 is 2.62 bits per heavy atom. The van der Waals surface area contributed by atoms with Crippen LogP contribution in [0, 0.1) is 0 Å². The molecule has 3 aromatic carbocycles. The lowest BCUT2D eigenvalue weighted by atomic mass is 10.0. The standard InChI is InChI=1S/C24H23N3O2/c28-24-25-21-10-5-11-22(23(21)29-24)27-14-12-26(13-15-27)17-18-6-4-9-20(16-18)19-7-2-1-3-8-19/h1-11,16H,12-15,17H2,(H,25,28)/i4D,5D,6D,9D,10D,11D,12D2,13D2,14D2,15D2,16D. The lowest BCUT2D eigenvalue weighted by molar-refractivity contribution is 0.250. The largest absolute Gasteiger partial charge is 0.417 e. The van der Waals surface area contributed by atoms with Crippen molar-refractivity contribution in [3.8, 4) is 11.1 Å². The molecule has 1 aromatic heterocycles. The molecule has 5 nitrogen and oxygen atoms in total. The first-order chi connectivity index (χ1) is 20.2. The van der Waals surface area contributed by atoms with Crippen molar-refractivity contribution >= 4 is 16.8 Å². The fraction of sp³-hybridized carbons (Fsp3) is 0.208. The monoisotopic (exact) mass is 400 g/mol. The summed E-state index contributed by atoms with van der Waals surface area (Å²) in [5.74, 6) is -1.20. The van der Waals surface area contributed by atoms with Crippen LogP contribution in [0.1, 0.15) is 26.1 Å². The molecule has 0 unspecified atom stereocenters. The van der Waals surface area contributed by atoms with E-state index in [1.54, 1.807) is 18.2 Å². The summed E-state index contributed by atoms with van der Waals surface area (Å²) in [5.41, 5.74) is -2.52. The third kappa shape index (κ3) is 3.69. The maximum Gasteiger partial charge on any atom is 0.417 e. The first-order valence-electron chi connectivity index (χ1n) is 16.1. The van der Waals surface area contributed by atoms with Gasteiger partial charge in [-0.25, -0.2) is 4.79 Å². The molecule has 1 aliphatic rings. The third-order valence-electron chi connectivity index (χ3n) is 4.10. The van der Waals surface area contributed by atoms with Crippen molar-refractivity contribution in [2.75, 3.05) is 30.9 Å². The number of benzene rings is 3. The average molecular weight is 401 g/mol. The minimum absolute atomic E-state index is 0.0587. The summed E-state index contributed by atoms with van der Waals surface area (Å²) >= 11 is 0. The summed E-state index contributed by atoms with van der Waals surface area (Å²) in [6.45, 7) is -15.4. The molecule has 29 heavy (non-hydrogen) atoms. The summed E-state index contributed by atoms with van der Waals surface area (Å²) in [4.78, 5) is 14.2. The summed E-state index contributed by atoms with van der Waals surface area (Å²) < 4.78 is 134. The number of hydrogen-bond acceptors (Lipinski definition) is 4. The summed E-state index contributed by atoms with van der Waals surface area (Å²) in [6, 6.07) is 2.88. The number of rotatable bonds is 4. The van der Waals surface area contributed by atoms with E-state index in [0.29, 0.717) is 5.56 Å². The maximum absolute atomic E-state index is 12.0. The van der Waals surface area contributed by atoms with Gasteiger partial charge in [0.1, 0.15) is 0 Å². The van der Waals surface area contributed by atoms with Gasteiger partial charge in [-0.3, -0.25) is 9.88 Å². The van der Waals surface area contributed by atoms with Gasteiger partial charge >= 0.3 is 5.76 Å². The number of nitrogens with zero attached hydrogens (tertiary/aromatic N) is 2. The minimum atomic E-state index is -3.61. The normalized spacial score (nSPS) is 29.5. The number of piperazine rings is 1. The van der Waals surface area contributed by atoms with Crippen LogP contribution >= 0.6 is 0 Å². The zero-order valence-corrected chi connectivity index (χ0v) is 14.8. The fourth-order valence-electron chi connectivity index (χ4n) is 2.79. The molecule has 0 aliphatic carbocycles. The minimum Gasteiger partial charge on any atom is -0.406 e. The molecule has 1 fully saturated rings. The van der Waals surface area contributed by atoms with Gasteiger partial charge in [0.2, 0.25) is 0 Å². The molecule has 0 bridgehead atoms. The van der Waals surface area contributed by atoms with Crippen LogP contribution in [0.15, 0.2) is 81.8 Å². The topological polar surface area (TPSA) is 52.5 Å². The molecule has 0 radical (unpaired) electrons. The van der Waals surface area contributed by atoms with Crippen LogP contribution in [0.5, 0.6) is 0 Å². The smallest absolute Gasteiger partial charge is 0.406 e. The Bertz CT molecular complexity index is 1840. The predicted molar refractivity (Wildman–Crippen MR) is 116 cm³/mol. The van der Waals surface area contributed by atoms with Gasteiger partial charge in [-0.15, -0.1) is 0 Å². The van der Waals surface area contributed by atoms with E-state index in [4.69, 9.17) is 25.0 Å². The van der Waals surface area contributed by atoms with Gasteiger partial charge in [-0.05, 0) is 34.8 Å². The van der Waals surface area contributed by atoms with E-state index in [9.17, 15) is 4.79 Å². The number of nitrogens with one attached hydrogen (secondary N) is 1. The van der Waals surface area contributed by atoms with Crippen LogP contribution in [0.4, 0.5) is 5.69 Å². The molecule has 5 heteroatoms. The van der Waals surface area contributed by atoms with Crippen LogP contribution in [-0.4, -0.2) is 35.9 Å². The van der Waals surface area contributed by atoms with E-state index < -0.39 is 103 Å². The van der Waals surface area contributed by atoms with Crippen molar-refractivity contribution in [1.82, 2.24) is 9.88 Å². The number of anilines is 1. The van der Waals surface area contributed by atoms with Crippen molar-refractivity contribution in [3.05, 3.63) is 88.7 Å². The molecule has 0 atom stereocenters. The number of para-hydroxylation sites is 1. The van der Waals surface area contributed by atoms with Crippen LogP contribution in [0.25, 0.3) is 22.2 Å². The number of fused-ring (bicyclic) bond motifs is 1. The van der Waals surface area contributed by atoms with Crippen LogP contribution in [-0.2, 0) is 6.54 Å². The Morgan fingerprint density at radius 1 is 1.00 bits per heavy atom. The van der Waals surface area contributed by atoms with Crippen LogP contribution in [0.2, 0.25) is 0 Å². The molecule has 2 heterocycles. The number of hydrogen-bond donors (Lipinski definition) is 1. The Hall–Kier alpha value is -3.31. The van der Waals surface area contributed by atoms with Gasteiger partial charge in [-0.1, -0.05) is 54.5 Å². The van der Waals surface area contributed by atoms with Crippen molar-refractivity contribution < 1.29 is 25.0 Å². The molecule has 146 valence electrons. The first kappa shape index (κ1) is 7.84. The molecular weight excluding hydrogens is 362 g/mol. The zero-order valence-electron chi connectivity index (χ0n) is 29.8. The average Bonchev–Trinajstić information content (AvgIpc) is 3.33. The second-order valence-corrected chi connectivity index (χ2v) is 6.03. The molecule has 5 rings (SSSR count). The van der Waals surface area contributed by atoms with Crippen LogP contribution in [0.3, 0.4) is 0 Å². The molecule has 4 aromatic rings. The molecule has 0 amide bonds. The van der Waals surface area contributed by atoms with Gasteiger partial charge in [0.05, 0.1) is 26.3 Å². The van der Waals surface area contributed by atoms with Gasteiger partial charge in [0.25, 0.3) is 0 Å². The highest BCUT2D eigenvalue weighted by Gasteiger charge is 2.20. The number of H-pyrrole nitrogens is 1. The lowest BCUT2D eigenvalue weighted by Gasteiger charge is -2.36. The van der Waals surface area contributed by atoms with E-state index in [1.807, 2.05) is 0 Å². The second-order valence-electron chi connectivity index (χ2n) is 6.03. The predicted octanol–water partition coefficient (Wildman–Crippen LogP) is 4.11. The molecule has 1 aliphatic heterocycles. The molecule has 0 spiro atoms. The summed E-state index contributed by atoms with van der Waals surface area (Å²) in [6.07, 6.45) is 0. The Balaban J connectivity index is 1.75. The second kappa shape index (κ2) is 7.60. The summed E-state index contributed by atoms with van der Waals surface area (Å²) in [5, 5.41) is 0. The highest BCUT2D eigenvalue weighted by molar-refractivity contribution is 5.86. The third-order valence-corrected chi connectivity index (χ3v) is 4.10. The van der Waals surface area contributed by atoms with E-state index >= 15 is 0 Å². The first-order valence-corrected chi connectivity index (χ1v) is 8.56. The maximum atomic E-state index is 12.0. The molecule has 1 saturated heterocycles. The quantitative estimate of drug-likeness (QED) is 0.560. The highest BCUT2D eigenvalue weighted by atomic mass is 16.4. The van der Waals surface area contributed by atoms with Gasteiger partial charge in [0.15, 0.2) is 5.58 Å². The Kier molecular flexibility index (Phi) is 2.06. The molecule has 0 saturated carbocycles. The van der Waals surface area contributed by atoms with E-state index in [-0.39, 0.29) is 15.4 Å². The van der Waals surface area contributed by atoms with Gasteiger partial charge in [-0.2, -0.15) is 0 Å². The van der Waals surface area contributed by atoms with E-state index in [2.05, 4.69) is 4.98 Å². The van der Waals surface area contributed by atoms with Gasteiger partial charge in [0, 0.05) is 38.0 Å². The SMILES string of the molecule is [2H]c1c([2H])c(CN2C([2H])([2H])C([2H])([2H])N(c3c([2H])c([2H])c([2H])c4[nH]c(=O)oc34)C([2H])([2H])C2([2H])[2H])c([2H])c(-c2ccccc2)c1[2H]. The van der Waals surface area contributed by atoms with E-state index in [1.165, 1.54) is 12.1 Å². The fourth-order valence-corrected chi connectivity index (χ4v) is 2.79. The van der Waals surface area contributed by atoms with Crippen LogP contribution < -0.4 is 10.7 Å². The summed E-state index contributed by atoms with van der Waals surface area (Å²) in [7, 11) is 0. The van der Waals surface area contributed by atoms with Crippen molar-refractivity contribution in [1.29, 1.82) is 0 Å². The van der Waals surface area contributed by atoms with Crippen molar-refractivity contribution in [3.63, 3.8) is 0 Å². The number of aromatic nitrogens is 1. The molecular formula is C24H23N3O2. The Labute approximate surface area is 190 Å². The zero-order chi connectivity index (χ0) is 32.9. The number of aromatic amines is 1. The van der Waals surface area contributed by atoms with Crippen molar-refractivity contribution in [2.45, 2.75) is 6.54 Å². The highest BCUT2D eigenvalue weighted by Crippen LogP contribution is 2.26. The Morgan fingerprint density at radius 2 is 1.79 bits per heavy atom. The van der Waals surface area contributed by atoms with E-state index in [0.717, 1.165) is 0 Å². The van der Waals surface area contributed by atoms with Crippen molar-refractivity contribution in [2.24, 2.45) is 0 Å². The number of oxazole rings is 1. The lowest BCUT2D eigenvalue weighted by Crippen LogP contribution is -2.46. The van der Waals surface area contributed by atoms with Gasteiger partial charge < -0.3 is 9.32 Å². The molecule has 1 N–H and O–H groups in total.